The molecule has 1 N–H and O–H groups in total. The van der Waals surface area contributed by atoms with Gasteiger partial charge in [0.2, 0.25) is 0 Å². The number of carbonyl (C=O) groups is 1. The molecule has 0 atom stereocenters. The molecule has 0 radical (unpaired) electrons. The first-order valence-electron chi connectivity index (χ1n) is 6.98. The molecule has 0 unspecified atom stereocenters. The van der Waals surface area contributed by atoms with Gasteiger partial charge in [0, 0.05) is 6.07 Å². The molecule has 2 aromatic rings. The Morgan fingerprint density at radius 2 is 1.72 bits per heavy atom. The number of hydrogen-bond acceptors (Lipinski definition) is 7. The van der Waals surface area contributed by atoms with E-state index in [4.69, 9.17) is 19.3 Å². The summed E-state index contributed by atoms with van der Waals surface area (Å²) in [7, 11) is 2.95. The summed E-state index contributed by atoms with van der Waals surface area (Å²) in [6.45, 7) is -0.0790. The van der Waals surface area contributed by atoms with Crippen LogP contribution in [-0.4, -0.2) is 30.4 Å². The zero-order chi connectivity index (χ0) is 18.4. The molecular weight excluding hydrogens is 334 g/mol. The van der Waals surface area contributed by atoms with Crippen molar-refractivity contribution in [1.29, 1.82) is 0 Å². The van der Waals surface area contributed by atoms with E-state index in [0.717, 1.165) is 18.2 Å². The van der Waals surface area contributed by atoms with E-state index in [-0.39, 0.29) is 23.8 Å². The van der Waals surface area contributed by atoms with Gasteiger partial charge in [-0.25, -0.2) is 4.79 Å². The summed E-state index contributed by atoms with van der Waals surface area (Å²) in [5, 5.41) is 19.7. The normalized spacial score (nSPS) is 10.0. The van der Waals surface area contributed by atoms with Gasteiger partial charge in [0.05, 0.1) is 30.8 Å². The number of nitro groups is 1. The number of nitrogens with zero attached hydrogens (tertiary/aromatic N) is 1. The molecule has 0 saturated carbocycles. The van der Waals surface area contributed by atoms with Gasteiger partial charge in [0.15, 0.2) is 11.5 Å². The number of rotatable bonds is 7. The second-order valence-electron chi connectivity index (χ2n) is 4.69. The Hall–Kier alpha value is -3.49. The van der Waals surface area contributed by atoms with Crippen molar-refractivity contribution in [2.24, 2.45) is 0 Å². The van der Waals surface area contributed by atoms with Gasteiger partial charge in [0.25, 0.3) is 5.69 Å². The van der Waals surface area contributed by atoms with Gasteiger partial charge in [-0.15, -0.1) is 0 Å². The Morgan fingerprint density at radius 1 is 1.08 bits per heavy atom. The first-order chi connectivity index (χ1) is 12.0. The molecule has 0 aliphatic rings. The van der Waals surface area contributed by atoms with Crippen LogP contribution in [0.5, 0.6) is 23.0 Å². The van der Waals surface area contributed by atoms with Crippen molar-refractivity contribution in [1.82, 2.24) is 0 Å². The minimum absolute atomic E-state index is 0.0790. The van der Waals surface area contributed by atoms with Crippen LogP contribution >= 0.6 is 0 Å². The summed E-state index contributed by atoms with van der Waals surface area (Å²) >= 11 is 0. The lowest BCUT2D eigenvalue weighted by atomic mass is 10.2. The van der Waals surface area contributed by atoms with Crippen LogP contribution in [0.25, 0.3) is 0 Å². The van der Waals surface area contributed by atoms with Crippen LogP contribution < -0.4 is 18.9 Å². The van der Waals surface area contributed by atoms with Crippen molar-refractivity contribution in [3.8, 4) is 23.0 Å². The minimum Gasteiger partial charge on any atom is -0.496 e. The van der Waals surface area contributed by atoms with Gasteiger partial charge >= 0.3 is 6.16 Å². The molecule has 0 aliphatic heterocycles. The molecule has 0 aromatic heterocycles. The molecule has 0 heterocycles. The maximum Gasteiger partial charge on any atom is 0.511 e. The number of non-ortho nitro benzene ring substituents is 1. The van der Waals surface area contributed by atoms with Crippen LogP contribution in [0.15, 0.2) is 36.4 Å². The number of benzene rings is 2. The second kappa shape index (κ2) is 7.86. The Balaban J connectivity index is 2.34. The summed E-state index contributed by atoms with van der Waals surface area (Å²) in [4.78, 5) is 21.1. The summed E-state index contributed by atoms with van der Waals surface area (Å²) in [5.74, 6) is 0.729. The Labute approximate surface area is 142 Å². The SMILES string of the molecule is COc1cccc(OC)c1COc1cc([N+](=O)[O-])ccc1OC(=O)O. The summed E-state index contributed by atoms with van der Waals surface area (Å²) in [6.07, 6.45) is -1.56. The van der Waals surface area contributed by atoms with Gasteiger partial charge in [-0.2, -0.15) is 0 Å². The molecule has 9 nitrogen and oxygen atoms in total. The number of ether oxygens (including phenoxy) is 4. The molecule has 0 amide bonds. The smallest absolute Gasteiger partial charge is 0.496 e. The number of carboxylic acid groups (broad SMARTS) is 1. The van der Waals surface area contributed by atoms with E-state index in [0.29, 0.717) is 17.1 Å². The van der Waals surface area contributed by atoms with Crippen LogP contribution in [0.4, 0.5) is 10.5 Å². The quantitative estimate of drug-likeness (QED) is 0.350. The van der Waals surface area contributed by atoms with Gasteiger partial charge in [-0.3, -0.25) is 10.1 Å². The van der Waals surface area contributed by atoms with Crippen LogP contribution in [0, 0.1) is 10.1 Å². The topological polar surface area (TPSA) is 117 Å². The molecular formula is C16H15NO8. The van der Waals surface area contributed by atoms with Crippen LogP contribution in [0.1, 0.15) is 5.56 Å². The lowest BCUT2D eigenvalue weighted by Gasteiger charge is -2.15. The lowest BCUT2D eigenvalue weighted by molar-refractivity contribution is -0.385. The van der Waals surface area contributed by atoms with Gasteiger partial charge in [-0.05, 0) is 18.2 Å². The molecule has 0 bridgehead atoms. The lowest BCUT2D eigenvalue weighted by Crippen LogP contribution is -2.07. The monoisotopic (exact) mass is 349 g/mol. The first-order valence-corrected chi connectivity index (χ1v) is 6.98. The zero-order valence-corrected chi connectivity index (χ0v) is 13.4. The fourth-order valence-corrected chi connectivity index (χ4v) is 2.12. The predicted molar refractivity (Wildman–Crippen MR) is 85.6 cm³/mol. The molecule has 0 aliphatic carbocycles. The second-order valence-corrected chi connectivity index (χ2v) is 4.69. The molecule has 0 fully saturated rings. The van der Waals surface area contributed by atoms with Gasteiger partial charge < -0.3 is 24.1 Å². The highest BCUT2D eigenvalue weighted by Gasteiger charge is 2.17. The highest BCUT2D eigenvalue weighted by Crippen LogP contribution is 2.35. The van der Waals surface area contributed by atoms with Crippen molar-refractivity contribution in [3.63, 3.8) is 0 Å². The average Bonchev–Trinajstić information content (AvgIpc) is 2.59. The molecule has 0 saturated heterocycles. The largest absolute Gasteiger partial charge is 0.511 e. The highest BCUT2D eigenvalue weighted by atomic mass is 16.7. The van der Waals surface area contributed by atoms with E-state index < -0.39 is 11.1 Å². The summed E-state index contributed by atoms with van der Waals surface area (Å²) < 4.78 is 20.6. The van der Waals surface area contributed by atoms with E-state index in [1.165, 1.54) is 14.2 Å². The van der Waals surface area contributed by atoms with Crippen LogP contribution in [-0.2, 0) is 6.61 Å². The Bertz CT molecular complexity index is 767. The standard InChI is InChI=1S/C16H15NO8/c1-22-12-4-3-5-13(23-2)11(12)9-24-15-8-10(17(20)21)6-7-14(15)25-16(18)19/h3-8H,9H2,1-2H3,(H,18,19). The maximum atomic E-state index is 10.9. The molecule has 0 spiro atoms. The third-order valence-electron chi connectivity index (χ3n) is 3.24. The minimum atomic E-state index is -1.56. The number of nitro benzene ring substituents is 1. The molecule has 2 aromatic carbocycles. The van der Waals surface area contributed by atoms with E-state index in [9.17, 15) is 14.9 Å². The summed E-state index contributed by atoms with van der Waals surface area (Å²) in [6, 6.07) is 8.48. The Morgan fingerprint density at radius 3 is 2.24 bits per heavy atom. The van der Waals surface area contributed by atoms with Crippen LogP contribution in [0.2, 0.25) is 0 Å². The third kappa shape index (κ3) is 4.28. The van der Waals surface area contributed by atoms with Gasteiger partial charge in [-0.1, -0.05) is 6.07 Å². The molecule has 25 heavy (non-hydrogen) atoms. The van der Waals surface area contributed by atoms with Crippen molar-refractivity contribution in [3.05, 3.63) is 52.1 Å². The Kier molecular flexibility index (Phi) is 5.62. The van der Waals surface area contributed by atoms with Crippen molar-refractivity contribution < 1.29 is 33.8 Å². The number of hydrogen-bond donors (Lipinski definition) is 1. The van der Waals surface area contributed by atoms with Gasteiger partial charge in [0.1, 0.15) is 18.1 Å². The highest BCUT2D eigenvalue weighted by molar-refractivity contribution is 5.64. The van der Waals surface area contributed by atoms with E-state index >= 15 is 0 Å². The number of methoxy groups -OCH3 is 2. The first kappa shape index (κ1) is 17.9. The van der Waals surface area contributed by atoms with Crippen molar-refractivity contribution in [2.75, 3.05) is 14.2 Å². The fraction of sp³-hybridized carbons (Fsp3) is 0.188. The van der Waals surface area contributed by atoms with E-state index in [2.05, 4.69) is 4.74 Å². The van der Waals surface area contributed by atoms with Crippen molar-refractivity contribution >= 4 is 11.8 Å². The predicted octanol–water partition coefficient (Wildman–Crippen LogP) is 3.25. The third-order valence-corrected chi connectivity index (χ3v) is 3.24. The van der Waals surface area contributed by atoms with E-state index in [1.54, 1.807) is 18.2 Å². The fourth-order valence-electron chi connectivity index (χ4n) is 2.12. The molecule has 132 valence electrons. The van der Waals surface area contributed by atoms with E-state index in [1.807, 2.05) is 0 Å². The van der Waals surface area contributed by atoms with Crippen LogP contribution in [0.3, 0.4) is 0 Å². The maximum absolute atomic E-state index is 10.9. The molecule has 9 heteroatoms. The van der Waals surface area contributed by atoms with Crippen molar-refractivity contribution in [2.45, 2.75) is 6.61 Å². The average molecular weight is 349 g/mol. The summed E-state index contributed by atoms with van der Waals surface area (Å²) in [5.41, 5.74) is 0.292. The molecule has 2 rings (SSSR count). The zero-order valence-electron chi connectivity index (χ0n) is 13.4.